The molecule has 88 valence electrons. The van der Waals surface area contributed by atoms with Gasteiger partial charge in [-0.25, -0.2) is 4.39 Å². The molecule has 1 heterocycles. The molecule has 0 amide bonds. The molecule has 0 aliphatic carbocycles. The molecule has 0 spiro atoms. The fourth-order valence-corrected chi connectivity index (χ4v) is 2.22. The first-order valence-corrected chi connectivity index (χ1v) is 5.74. The zero-order chi connectivity index (χ0) is 11.5. The highest BCUT2D eigenvalue weighted by atomic mass is 19.1. The summed E-state index contributed by atoms with van der Waals surface area (Å²) in [6.07, 6.45) is 2.36. The molecular formula is C13H18FNO. The van der Waals surface area contributed by atoms with E-state index in [-0.39, 0.29) is 11.9 Å². The highest BCUT2D eigenvalue weighted by Gasteiger charge is 2.21. The molecule has 1 aromatic rings. The van der Waals surface area contributed by atoms with Crippen LogP contribution in [0.15, 0.2) is 18.2 Å². The Kier molecular flexibility index (Phi) is 3.44. The van der Waals surface area contributed by atoms with E-state index in [0.717, 1.165) is 31.5 Å². The lowest BCUT2D eigenvalue weighted by molar-refractivity contribution is 0.0892. The Morgan fingerprint density at radius 2 is 2.25 bits per heavy atom. The van der Waals surface area contributed by atoms with Crippen LogP contribution in [0.25, 0.3) is 0 Å². The van der Waals surface area contributed by atoms with Gasteiger partial charge in [-0.3, -0.25) is 0 Å². The number of aryl methyl sites for hydroxylation is 1. The van der Waals surface area contributed by atoms with Crippen molar-refractivity contribution in [2.75, 3.05) is 25.1 Å². The number of nitrogens with zero attached hydrogens (tertiary/aromatic N) is 1. The molecular weight excluding hydrogens is 205 g/mol. The molecule has 2 rings (SSSR count). The minimum absolute atomic E-state index is 0.128. The van der Waals surface area contributed by atoms with Gasteiger partial charge in [-0.2, -0.15) is 0 Å². The van der Waals surface area contributed by atoms with Gasteiger partial charge in [-0.15, -0.1) is 0 Å². The molecule has 16 heavy (non-hydrogen) atoms. The van der Waals surface area contributed by atoms with E-state index in [1.165, 1.54) is 0 Å². The maximum atomic E-state index is 13.8. The average molecular weight is 223 g/mol. The quantitative estimate of drug-likeness (QED) is 0.764. The van der Waals surface area contributed by atoms with Crippen LogP contribution >= 0.6 is 0 Å². The van der Waals surface area contributed by atoms with Crippen LogP contribution in [0, 0.1) is 12.7 Å². The summed E-state index contributed by atoms with van der Waals surface area (Å²) < 4.78 is 19.1. The Balaban J connectivity index is 2.16. The number of ether oxygens (including phenoxy) is 1. The third kappa shape index (κ3) is 2.35. The molecule has 0 saturated carbocycles. The first-order valence-electron chi connectivity index (χ1n) is 5.74. The summed E-state index contributed by atoms with van der Waals surface area (Å²) in [6.45, 7) is 3.61. The van der Waals surface area contributed by atoms with Crippen molar-refractivity contribution in [3.8, 4) is 0 Å². The third-order valence-corrected chi connectivity index (χ3v) is 3.16. The van der Waals surface area contributed by atoms with Gasteiger partial charge < -0.3 is 9.64 Å². The van der Waals surface area contributed by atoms with E-state index in [1.807, 2.05) is 19.1 Å². The maximum Gasteiger partial charge on any atom is 0.146 e. The van der Waals surface area contributed by atoms with Gasteiger partial charge in [0.15, 0.2) is 0 Å². The third-order valence-electron chi connectivity index (χ3n) is 3.16. The largest absolute Gasteiger partial charge is 0.380 e. The van der Waals surface area contributed by atoms with Crippen molar-refractivity contribution < 1.29 is 9.13 Å². The summed E-state index contributed by atoms with van der Waals surface area (Å²) in [4.78, 5) is 2.08. The second-order valence-electron chi connectivity index (χ2n) is 4.40. The van der Waals surface area contributed by atoms with E-state index in [2.05, 4.69) is 4.90 Å². The van der Waals surface area contributed by atoms with Gasteiger partial charge >= 0.3 is 0 Å². The number of anilines is 1. The number of hydrogen-bond acceptors (Lipinski definition) is 2. The van der Waals surface area contributed by atoms with E-state index in [9.17, 15) is 4.39 Å². The predicted molar refractivity (Wildman–Crippen MR) is 63.4 cm³/mol. The van der Waals surface area contributed by atoms with Crippen LogP contribution in [0.2, 0.25) is 0 Å². The van der Waals surface area contributed by atoms with Crippen molar-refractivity contribution in [1.82, 2.24) is 0 Å². The van der Waals surface area contributed by atoms with Crippen LogP contribution in [0.4, 0.5) is 10.1 Å². The monoisotopic (exact) mass is 223 g/mol. The van der Waals surface area contributed by atoms with E-state index >= 15 is 0 Å². The molecule has 3 heteroatoms. The second kappa shape index (κ2) is 4.83. The smallest absolute Gasteiger partial charge is 0.146 e. The van der Waals surface area contributed by atoms with Gasteiger partial charge in [0.1, 0.15) is 5.82 Å². The van der Waals surface area contributed by atoms with Crippen LogP contribution in [0.3, 0.4) is 0 Å². The predicted octanol–water partition coefficient (Wildman–Crippen LogP) is 2.75. The van der Waals surface area contributed by atoms with Crippen molar-refractivity contribution in [3.05, 3.63) is 29.6 Å². The van der Waals surface area contributed by atoms with Crippen LogP contribution in [-0.4, -0.2) is 26.3 Å². The molecule has 0 aromatic heterocycles. The number of benzene rings is 1. The normalized spacial score (nSPS) is 21.2. The summed E-state index contributed by atoms with van der Waals surface area (Å²) in [7, 11) is 1.72. The van der Waals surface area contributed by atoms with Gasteiger partial charge in [-0.05, 0) is 37.5 Å². The summed E-state index contributed by atoms with van der Waals surface area (Å²) >= 11 is 0. The molecule has 0 N–H and O–H groups in total. The zero-order valence-corrected chi connectivity index (χ0v) is 9.87. The molecule has 1 fully saturated rings. The van der Waals surface area contributed by atoms with E-state index in [4.69, 9.17) is 4.74 Å². The summed E-state index contributed by atoms with van der Waals surface area (Å²) in [5.74, 6) is -0.128. The Bertz CT molecular complexity index is 367. The minimum atomic E-state index is -0.128. The zero-order valence-electron chi connectivity index (χ0n) is 9.87. The summed E-state index contributed by atoms with van der Waals surface area (Å²) in [5.41, 5.74) is 1.66. The van der Waals surface area contributed by atoms with Crippen LogP contribution in [0.5, 0.6) is 0 Å². The molecule has 1 atom stereocenters. The molecule has 1 aliphatic heterocycles. The van der Waals surface area contributed by atoms with Crippen molar-refractivity contribution in [3.63, 3.8) is 0 Å². The summed E-state index contributed by atoms with van der Waals surface area (Å²) in [5, 5.41) is 0. The van der Waals surface area contributed by atoms with Gasteiger partial charge in [0.05, 0.1) is 11.8 Å². The first kappa shape index (κ1) is 11.4. The lowest BCUT2D eigenvalue weighted by Crippen LogP contribution is -2.39. The Labute approximate surface area is 96.0 Å². The number of hydrogen-bond donors (Lipinski definition) is 0. The van der Waals surface area contributed by atoms with Crippen molar-refractivity contribution in [1.29, 1.82) is 0 Å². The van der Waals surface area contributed by atoms with E-state index in [0.29, 0.717) is 5.69 Å². The molecule has 1 unspecified atom stereocenters. The van der Waals surface area contributed by atoms with Gasteiger partial charge in [0.25, 0.3) is 0 Å². The minimum Gasteiger partial charge on any atom is -0.380 e. The van der Waals surface area contributed by atoms with E-state index in [1.54, 1.807) is 13.2 Å². The second-order valence-corrected chi connectivity index (χ2v) is 4.40. The standard InChI is InChI=1S/C13H18FNO/c1-10-5-6-13(12(14)8-10)15-7-3-4-11(9-15)16-2/h5-6,8,11H,3-4,7,9H2,1-2H3. The lowest BCUT2D eigenvalue weighted by Gasteiger charge is -2.33. The number of rotatable bonds is 2. The number of piperidine rings is 1. The number of halogens is 1. The lowest BCUT2D eigenvalue weighted by atomic mass is 10.1. The van der Waals surface area contributed by atoms with Crippen molar-refractivity contribution in [2.45, 2.75) is 25.9 Å². The molecule has 1 aliphatic rings. The van der Waals surface area contributed by atoms with Gasteiger partial charge in [-0.1, -0.05) is 6.07 Å². The molecule has 1 aromatic carbocycles. The highest BCUT2D eigenvalue weighted by molar-refractivity contribution is 5.49. The topological polar surface area (TPSA) is 12.5 Å². The van der Waals surface area contributed by atoms with Crippen molar-refractivity contribution >= 4 is 5.69 Å². The fraction of sp³-hybridized carbons (Fsp3) is 0.538. The van der Waals surface area contributed by atoms with Gasteiger partial charge in [0.2, 0.25) is 0 Å². The maximum absolute atomic E-state index is 13.8. The van der Waals surface area contributed by atoms with Crippen LogP contribution in [0.1, 0.15) is 18.4 Å². The summed E-state index contributed by atoms with van der Waals surface area (Å²) in [6, 6.07) is 5.41. The van der Waals surface area contributed by atoms with Crippen LogP contribution in [-0.2, 0) is 4.74 Å². The Morgan fingerprint density at radius 1 is 1.44 bits per heavy atom. The molecule has 0 bridgehead atoms. The Hall–Kier alpha value is -1.09. The SMILES string of the molecule is COC1CCCN(c2ccc(C)cc2F)C1. The molecule has 0 radical (unpaired) electrons. The highest BCUT2D eigenvalue weighted by Crippen LogP contribution is 2.24. The molecule has 2 nitrogen and oxygen atoms in total. The average Bonchev–Trinajstić information content (AvgIpc) is 2.29. The van der Waals surface area contributed by atoms with E-state index < -0.39 is 0 Å². The van der Waals surface area contributed by atoms with Gasteiger partial charge in [0, 0.05) is 20.2 Å². The first-order chi connectivity index (χ1) is 7.70. The Morgan fingerprint density at radius 3 is 2.94 bits per heavy atom. The van der Waals surface area contributed by atoms with Crippen molar-refractivity contribution in [2.24, 2.45) is 0 Å². The van der Waals surface area contributed by atoms with Crippen LogP contribution < -0.4 is 4.90 Å². The number of methoxy groups -OCH3 is 1. The molecule has 1 saturated heterocycles. The fourth-order valence-electron chi connectivity index (χ4n) is 2.22.